The van der Waals surface area contributed by atoms with Gasteiger partial charge in [-0.15, -0.1) is 0 Å². The second-order valence-electron chi connectivity index (χ2n) is 8.97. The molecule has 0 aromatic heterocycles. The molecule has 2 fully saturated rings. The van der Waals surface area contributed by atoms with Crippen LogP contribution in [0.5, 0.6) is 0 Å². The SMILES string of the molecule is O=[N+]([O-])c1ccc(Cl)c(C(c2ccc(N3CCCC3)cc2)c2ccc(N3CCCC3)cc2)c1. The standard InChI is InChI=1S/C27H28ClN3O2/c28-26-14-13-24(31(32)33)19-25(26)27(20-5-9-22(10-6-20)29-15-1-2-16-29)21-7-11-23(12-8-21)30-17-3-4-18-30/h5-14,19,27H,1-4,15-18H2. The molecular formula is C27H28ClN3O2. The number of hydrogen-bond donors (Lipinski definition) is 0. The molecule has 2 aliphatic heterocycles. The van der Waals surface area contributed by atoms with Crippen LogP contribution in [0.2, 0.25) is 5.02 Å². The van der Waals surface area contributed by atoms with Gasteiger partial charge in [0.15, 0.2) is 0 Å². The summed E-state index contributed by atoms with van der Waals surface area (Å²) in [6, 6.07) is 21.9. The van der Waals surface area contributed by atoms with Crippen molar-refractivity contribution in [2.24, 2.45) is 0 Å². The average Bonchev–Trinajstić information content (AvgIpc) is 3.56. The number of nitro groups is 1. The summed E-state index contributed by atoms with van der Waals surface area (Å²) in [5.41, 5.74) is 5.42. The van der Waals surface area contributed by atoms with Gasteiger partial charge in [-0.1, -0.05) is 35.9 Å². The van der Waals surface area contributed by atoms with Crippen molar-refractivity contribution in [1.29, 1.82) is 0 Å². The van der Waals surface area contributed by atoms with Crippen molar-refractivity contribution in [1.82, 2.24) is 0 Å². The molecule has 2 heterocycles. The Morgan fingerprint density at radius 1 is 0.727 bits per heavy atom. The second-order valence-corrected chi connectivity index (χ2v) is 9.37. The molecule has 0 aliphatic carbocycles. The molecule has 170 valence electrons. The highest BCUT2D eigenvalue weighted by molar-refractivity contribution is 6.31. The molecule has 5 rings (SSSR count). The van der Waals surface area contributed by atoms with E-state index in [-0.39, 0.29) is 16.5 Å². The van der Waals surface area contributed by atoms with Crippen LogP contribution in [0.4, 0.5) is 17.1 Å². The minimum atomic E-state index is -0.357. The third kappa shape index (κ3) is 4.55. The van der Waals surface area contributed by atoms with Crippen molar-refractivity contribution >= 4 is 28.7 Å². The molecule has 3 aromatic rings. The first-order valence-electron chi connectivity index (χ1n) is 11.7. The highest BCUT2D eigenvalue weighted by Crippen LogP contribution is 2.39. The molecule has 3 aromatic carbocycles. The van der Waals surface area contributed by atoms with Crippen LogP contribution in [-0.4, -0.2) is 31.1 Å². The molecule has 5 nitrogen and oxygen atoms in total. The zero-order valence-electron chi connectivity index (χ0n) is 18.6. The maximum Gasteiger partial charge on any atom is 0.269 e. The lowest BCUT2D eigenvalue weighted by Gasteiger charge is -2.23. The first-order valence-corrected chi connectivity index (χ1v) is 12.1. The van der Waals surface area contributed by atoms with Gasteiger partial charge in [0.2, 0.25) is 0 Å². The number of nitro benzene ring substituents is 1. The summed E-state index contributed by atoms with van der Waals surface area (Å²) in [6.45, 7) is 4.38. The number of anilines is 2. The van der Waals surface area contributed by atoms with Gasteiger partial charge in [-0.05, 0) is 72.7 Å². The first kappa shape index (κ1) is 21.8. The van der Waals surface area contributed by atoms with E-state index in [0.717, 1.165) is 42.9 Å². The van der Waals surface area contributed by atoms with Crippen molar-refractivity contribution < 1.29 is 4.92 Å². The fourth-order valence-corrected chi connectivity index (χ4v) is 5.35. The summed E-state index contributed by atoms with van der Waals surface area (Å²) in [7, 11) is 0. The first-order chi connectivity index (χ1) is 16.1. The Morgan fingerprint density at radius 3 is 1.61 bits per heavy atom. The third-order valence-electron chi connectivity index (χ3n) is 6.90. The van der Waals surface area contributed by atoms with Crippen LogP contribution >= 0.6 is 11.6 Å². The number of benzene rings is 3. The van der Waals surface area contributed by atoms with Crippen LogP contribution in [0.3, 0.4) is 0 Å². The minimum Gasteiger partial charge on any atom is -0.372 e. The van der Waals surface area contributed by atoms with Crippen molar-refractivity contribution in [3.8, 4) is 0 Å². The van der Waals surface area contributed by atoms with Gasteiger partial charge in [-0.3, -0.25) is 10.1 Å². The third-order valence-corrected chi connectivity index (χ3v) is 7.24. The molecule has 6 heteroatoms. The van der Waals surface area contributed by atoms with Crippen LogP contribution in [-0.2, 0) is 0 Å². The van der Waals surface area contributed by atoms with Gasteiger partial charge in [0.25, 0.3) is 5.69 Å². The largest absolute Gasteiger partial charge is 0.372 e. The van der Waals surface area contributed by atoms with E-state index in [2.05, 4.69) is 58.3 Å². The number of non-ortho nitro benzene ring substituents is 1. The van der Waals surface area contributed by atoms with Gasteiger partial charge >= 0.3 is 0 Å². The summed E-state index contributed by atoms with van der Waals surface area (Å²) in [4.78, 5) is 16.0. The molecule has 2 saturated heterocycles. The number of halogens is 1. The van der Waals surface area contributed by atoms with E-state index in [1.807, 2.05) is 0 Å². The summed E-state index contributed by atoms with van der Waals surface area (Å²) in [6.07, 6.45) is 4.93. The van der Waals surface area contributed by atoms with Crippen molar-refractivity contribution in [3.63, 3.8) is 0 Å². The van der Waals surface area contributed by atoms with E-state index in [9.17, 15) is 10.1 Å². The molecule has 0 radical (unpaired) electrons. The molecule has 0 saturated carbocycles. The number of hydrogen-bond acceptors (Lipinski definition) is 4. The molecule has 0 unspecified atom stereocenters. The van der Waals surface area contributed by atoms with Crippen LogP contribution in [0, 0.1) is 10.1 Å². The van der Waals surface area contributed by atoms with Gasteiger partial charge in [-0.2, -0.15) is 0 Å². The molecule has 33 heavy (non-hydrogen) atoms. The maximum atomic E-state index is 11.5. The van der Waals surface area contributed by atoms with Crippen molar-refractivity contribution in [2.45, 2.75) is 31.6 Å². The smallest absolute Gasteiger partial charge is 0.269 e. The molecule has 0 spiro atoms. The molecule has 0 N–H and O–H groups in total. The Balaban J connectivity index is 1.55. The number of nitrogens with zero attached hydrogens (tertiary/aromatic N) is 3. The summed E-state index contributed by atoms with van der Waals surface area (Å²) < 4.78 is 0. The van der Waals surface area contributed by atoms with E-state index in [1.54, 1.807) is 12.1 Å². The monoisotopic (exact) mass is 461 g/mol. The maximum absolute atomic E-state index is 11.5. The highest BCUT2D eigenvalue weighted by Gasteiger charge is 2.23. The topological polar surface area (TPSA) is 49.6 Å². The fourth-order valence-electron chi connectivity index (χ4n) is 5.12. The van der Waals surface area contributed by atoms with Gasteiger partial charge in [-0.25, -0.2) is 0 Å². The lowest BCUT2D eigenvalue weighted by Crippen LogP contribution is -2.18. The predicted molar refractivity (Wildman–Crippen MR) is 135 cm³/mol. The van der Waals surface area contributed by atoms with Crippen LogP contribution in [0.25, 0.3) is 0 Å². The Morgan fingerprint density at radius 2 is 1.18 bits per heavy atom. The van der Waals surface area contributed by atoms with Gasteiger partial charge in [0, 0.05) is 60.6 Å². The summed E-state index contributed by atoms with van der Waals surface area (Å²) in [5.74, 6) is -0.183. The van der Waals surface area contributed by atoms with Gasteiger partial charge in [0.1, 0.15) is 0 Å². The van der Waals surface area contributed by atoms with Gasteiger partial charge < -0.3 is 9.80 Å². The van der Waals surface area contributed by atoms with E-state index < -0.39 is 0 Å². The lowest BCUT2D eigenvalue weighted by molar-refractivity contribution is -0.384. The fraction of sp³-hybridized carbons (Fsp3) is 0.333. The van der Waals surface area contributed by atoms with Crippen molar-refractivity contribution in [3.05, 3.63) is 98.6 Å². The second kappa shape index (κ2) is 9.44. The Kier molecular flexibility index (Phi) is 6.23. The molecule has 0 amide bonds. The van der Waals surface area contributed by atoms with E-state index in [4.69, 9.17) is 11.6 Å². The summed E-state index contributed by atoms with van der Waals surface area (Å²) in [5, 5.41) is 12.0. The number of rotatable bonds is 6. The van der Waals surface area contributed by atoms with E-state index in [0.29, 0.717) is 5.02 Å². The molecule has 0 bridgehead atoms. The van der Waals surface area contributed by atoms with Crippen LogP contribution in [0.15, 0.2) is 66.7 Å². The lowest BCUT2D eigenvalue weighted by atomic mass is 9.84. The van der Waals surface area contributed by atoms with Crippen molar-refractivity contribution in [2.75, 3.05) is 36.0 Å². The average molecular weight is 462 g/mol. The predicted octanol–water partition coefficient (Wildman–Crippen LogP) is 6.63. The highest BCUT2D eigenvalue weighted by atomic mass is 35.5. The van der Waals surface area contributed by atoms with Crippen LogP contribution in [0.1, 0.15) is 48.3 Å². The minimum absolute atomic E-state index is 0.0572. The normalized spacial score (nSPS) is 16.1. The molecule has 2 aliphatic rings. The molecule has 0 atom stereocenters. The Labute approximate surface area is 199 Å². The van der Waals surface area contributed by atoms with Crippen LogP contribution < -0.4 is 9.80 Å². The van der Waals surface area contributed by atoms with Gasteiger partial charge in [0.05, 0.1) is 4.92 Å². The zero-order valence-corrected chi connectivity index (χ0v) is 19.4. The van der Waals surface area contributed by atoms with E-state index >= 15 is 0 Å². The van der Waals surface area contributed by atoms with E-state index in [1.165, 1.54) is 43.1 Å². The molecular weight excluding hydrogens is 434 g/mol. The quantitative estimate of drug-likeness (QED) is 0.235. The Bertz CT molecular complexity index is 1060. The zero-order chi connectivity index (χ0) is 22.8. The Hall–Kier alpha value is -3.05. The summed E-state index contributed by atoms with van der Waals surface area (Å²) >= 11 is 6.63.